The van der Waals surface area contributed by atoms with E-state index in [2.05, 4.69) is 49.0 Å². The van der Waals surface area contributed by atoms with E-state index in [9.17, 15) is 0 Å². The van der Waals surface area contributed by atoms with Gasteiger partial charge in [0.1, 0.15) is 0 Å². The molecule has 2 aliphatic rings. The second-order valence-corrected chi connectivity index (χ2v) is 5.53. The van der Waals surface area contributed by atoms with Crippen LogP contribution < -0.4 is 0 Å². The van der Waals surface area contributed by atoms with E-state index in [4.69, 9.17) is 0 Å². The van der Waals surface area contributed by atoms with Gasteiger partial charge in [-0.1, -0.05) is 30.7 Å². The Kier molecular flexibility index (Phi) is 3.82. The summed E-state index contributed by atoms with van der Waals surface area (Å²) in [7, 11) is 4.39. The Bertz CT molecular complexity index is 291. The maximum atomic E-state index is 2.60. The van der Waals surface area contributed by atoms with Gasteiger partial charge < -0.3 is 4.90 Å². The quantitative estimate of drug-likeness (QED) is 0.719. The third kappa shape index (κ3) is 2.96. The van der Waals surface area contributed by atoms with E-state index < -0.39 is 0 Å². The Balaban J connectivity index is 1.83. The van der Waals surface area contributed by atoms with Gasteiger partial charge in [0.25, 0.3) is 0 Å². The SMILES string of the molecule is CC1C=CC=C(CN2CC[C@H](N(C)C)C2)C1. The molecule has 0 aromatic rings. The number of hydrogen-bond acceptors (Lipinski definition) is 2. The van der Waals surface area contributed by atoms with Crippen molar-refractivity contribution in [2.75, 3.05) is 33.7 Å². The molecule has 0 amide bonds. The van der Waals surface area contributed by atoms with Crippen molar-refractivity contribution in [3.05, 3.63) is 23.8 Å². The molecule has 90 valence electrons. The van der Waals surface area contributed by atoms with Gasteiger partial charge in [-0.05, 0) is 32.9 Å². The highest BCUT2D eigenvalue weighted by molar-refractivity contribution is 5.20. The Morgan fingerprint density at radius 1 is 1.44 bits per heavy atom. The van der Waals surface area contributed by atoms with Crippen LogP contribution in [0.3, 0.4) is 0 Å². The molecule has 0 saturated carbocycles. The third-order valence-electron chi connectivity index (χ3n) is 3.76. The molecule has 1 heterocycles. The molecule has 0 spiro atoms. The third-order valence-corrected chi connectivity index (χ3v) is 3.76. The molecule has 2 nitrogen and oxygen atoms in total. The molecule has 0 bridgehead atoms. The highest BCUT2D eigenvalue weighted by Crippen LogP contribution is 2.21. The highest BCUT2D eigenvalue weighted by atomic mass is 15.2. The van der Waals surface area contributed by atoms with Crippen LogP contribution in [-0.4, -0.2) is 49.6 Å². The fourth-order valence-electron chi connectivity index (χ4n) is 2.71. The summed E-state index contributed by atoms with van der Waals surface area (Å²) >= 11 is 0. The summed E-state index contributed by atoms with van der Waals surface area (Å²) in [6, 6.07) is 0.761. The van der Waals surface area contributed by atoms with Crippen molar-refractivity contribution in [2.24, 2.45) is 5.92 Å². The number of nitrogens with zero attached hydrogens (tertiary/aromatic N) is 2. The lowest BCUT2D eigenvalue weighted by molar-refractivity contribution is 0.276. The Hall–Kier alpha value is -0.600. The number of allylic oxidation sites excluding steroid dienone is 3. The molecule has 1 unspecified atom stereocenters. The van der Waals surface area contributed by atoms with Crippen LogP contribution in [0, 0.1) is 5.92 Å². The zero-order chi connectivity index (χ0) is 11.5. The Morgan fingerprint density at radius 2 is 2.25 bits per heavy atom. The van der Waals surface area contributed by atoms with E-state index in [1.165, 1.54) is 32.5 Å². The smallest absolute Gasteiger partial charge is 0.0229 e. The van der Waals surface area contributed by atoms with Gasteiger partial charge in [0, 0.05) is 25.7 Å². The second-order valence-electron chi connectivity index (χ2n) is 5.53. The van der Waals surface area contributed by atoms with Crippen molar-refractivity contribution >= 4 is 0 Å². The summed E-state index contributed by atoms with van der Waals surface area (Å²) in [6.07, 6.45) is 9.41. The van der Waals surface area contributed by atoms with Crippen molar-refractivity contribution in [2.45, 2.75) is 25.8 Å². The summed E-state index contributed by atoms with van der Waals surface area (Å²) in [4.78, 5) is 4.96. The van der Waals surface area contributed by atoms with Crippen molar-refractivity contribution in [1.29, 1.82) is 0 Å². The van der Waals surface area contributed by atoms with Crippen LogP contribution in [0.4, 0.5) is 0 Å². The molecule has 0 aromatic carbocycles. The first-order chi connectivity index (χ1) is 7.65. The molecule has 1 fully saturated rings. The van der Waals surface area contributed by atoms with Gasteiger partial charge in [-0.2, -0.15) is 0 Å². The minimum atomic E-state index is 0.729. The van der Waals surface area contributed by atoms with E-state index in [1.54, 1.807) is 5.57 Å². The Labute approximate surface area is 99.6 Å². The Morgan fingerprint density at radius 3 is 2.88 bits per heavy atom. The number of hydrogen-bond donors (Lipinski definition) is 0. The predicted octanol–water partition coefficient (Wildman–Crippen LogP) is 2.14. The van der Waals surface area contributed by atoms with Crippen LogP contribution >= 0.6 is 0 Å². The molecular formula is C14H24N2. The van der Waals surface area contributed by atoms with Crippen molar-refractivity contribution < 1.29 is 0 Å². The maximum Gasteiger partial charge on any atom is 0.0229 e. The number of rotatable bonds is 3. The summed E-state index contributed by atoms with van der Waals surface area (Å²) in [6.45, 7) is 5.98. The molecule has 2 atom stereocenters. The summed E-state index contributed by atoms with van der Waals surface area (Å²) in [5, 5.41) is 0. The van der Waals surface area contributed by atoms with Gasteiger partial charge in [-0.3, -0.25) is 4.90 Å². The van der Waals surface area contributed by atoms with E-state index in [1.807, 2.05) is 0 Å². The lowest BCUT2D eigenvalue weighted by atomic mass is 9.96. The van der Waals surface area contributed by atoms with Gasteiger partial charge in [0.15, 0.2) is 0 Å². The minimum Gasteiger partial charge on any atom is -0.305 e. The largest absolute Gasteiger partial charge is 0.305 e. The molecule has 16 heavy (non-hydrogen) atoms. The van der Waals surface area contributed by atoms with E-state index >= 15 is 0 Å². The predicted molar refractivity (Wildman–Crippen MR) is 69.5 cm³/mol. The van der Waals surface area contributed by atoms with Gasteiger partial charge in [-0.25, -0.2) is 0 Å². The fraction of sp³-hybridized carbons (Fsp3) is 0.714. The van der Waals surface area contributed by atoms with E-state index in [0.717, 1.165) is 12.0 Å². The van der Waals surface area contributed by atoms with Crippen LogP contribution in [0.25, 0.3) is 0 Å². The van der Waals surface area contributed by atoms with Crippen molar-refractivity contribution in [3.8, 4) is 0 Å². The summed E-state index contributed by atoms with van der Waals surface area (Å²) < 4.78 is 0. The van der Waals surface area contributed by atoms with Gasteiger partial charge in [0.05, 0.1) is 0 Å². The molecule has 1 aliphatic heterocycles. The van der Waals surface area contributed by atoms with Crippen molar-refractivity contribution in [3.63, 3.8) is 0 Å². The number of likely N-dealkylation sites (N-methyl/N-ethyl adjacent to an activating group) is 1. The van der Waals surface area contributed by atoms with Gasteiger partial charge in [-0.15, -0.1) is 0 Å². The van der Waals surface area contributed by atoms with E-state index in [-0.39, 0.29) is 0 Å². The normalized spacial score (nSPS) is 31.1. The average molecular weight is 220 g/mol. The summed E-state index contributed by atoms with van der Waals surface area (Å²) in [5.41, 5.74) is 1.61. The van der Waals surface area contributed by atoms with Crippen LogP contribution in [0.15, 0.2) is 23.8 Å². The van der Waals surface area contributed by atoms with Gasteiger partial charge >= 0.3 is 0 Å². The topological polar surface area (TPSA) is 6.48 Å². The molecule has 0 aromatic heterocycles. The lowest BCUT2D eigenvalue weighted by Crippen LogP contribution is -2.32. The lowest BCUT2D eigenvalue weighted by Gasteiger charge is -2.23. The molecular weight excluding hydrogens is 196 g/mol. The van der Waals surface area contributed by atoms with E-state index in [0.29, 0.717) is 0 Å². The first-order valence-electron chi connectivity index (χ1n) is 6.40. The highest BCUT2D eigenvalue weighted by Gasteiger charge is 2.24. The zero-order valence-electron chi connectivity index (χ0n) is 10.8. The first kappa shape index (κ1) is 11.9. The minimum absolute atomic E-state index is 0.729. The van der Waals surface area contributed by atoms with Gasteiger partial charge in [0.2, 0.25) is 0 Å². The average Bonchev–Trinajstić information content (AvgIpc) is 2.66. The van der Waals surface area contributed by atoms with Crippen LogP contribution in [0.5, 0.6) is 0 Å². The summed E-state index contributed by atoms with van der Waals surface area (Å²) in [5.74, 6) is 0.729. The second kappa shape index (κ2) is 5.15. The molecule has 0 N–H and O–H groups in total. The molecule has 2 heteroatoms. The maximum absolute atomic E-state index is 2.60. The van der Waals surface area contributed by atoms with Crippen LogP contribution in [0.1, 0.15) is 19.8 Å². The molecule has 1 aliphatic carbocycles. The standard InChI is InChI=1S/C14H24N2/c1-12-5-4-6-13(9-12)10-16-8-7-14(11-16)15(2)3/h4-6,12,14H,7-11H2,1-3H3/t12?,14-/m0/s1. The fourth-order valence-corrected chi connectivity index (χ4v) is 2.71. The molecule has 0 radical (unpaired) electrons. The first-order valence-corrected chi connectivity index (χ1v) is 6.40. The van der Waals surface area contributed by atoms with Crippen molar-refractivity contribution in [1.82, 2.24) is 9.80 Å². The molecule has 2 rings (SSSR count). The van der Waals surface area contributed by atoms with Crippen LogP contribution in [-0.2, 0) is 0 Å². The van der Waals surface area contributed by atoms with Crippen LogP contribution in [0.2, 0.25) is 0 Å². The monoisotopic (exact) mass is 220 g/mol. The number of likely N-dealkylation sites (tertiary alicyclic amines) is 1. The zero-order valence-corrected chi connectivity index (χ0v) is 10.8. The molecule has 1 saturated heterocycles.